The largest absolute Gasteiger partial charge is 0.382 e. The van der Waals surface area contributed by atoms with Gasteiger partial charge in [0.25, 0.3) is 0 Å². The Hall–Kier alpha value is -1.29. The third kappa shape index (κ3) is 2.39. The van der Waals surface area contributed by atoms with Crippen LogP contribution in [0, 0.1) is 6.92 Å². The van der Waals surface area contributed by atoms with Gasteiger partial charge in [-0.25, -0.2) is 0 Å². The second-order valence-corrected chi connectivity index (χ2v) is 4.38. The van der Waals surface area contributed by atoms with E-state index in [-0.39, 0.29) is 0 Å². The third-order valence-corrected chi connectivity index (χ3v) is 3.10. The average molecular weight is 266 g/mol. The highest BCUT2D eigenvalue weighted by molar-refractivity contribution is 9.10. The minimum Gasteiger partial charge on any atom is -0.382 e. The van der Waals surface area contributed by atoms with Crippen LogP contribution < -0.4 is 5.73 Å². The second kappa shape index (κ2) is 4.06. The lowest BCUT2D eigenvalue weighted by atomic mass is 10.1. The Labute approximate surface area is 97.0 Å². The topological polar surface area (TPSA) is 43.8 Å². The number of benzene rings is 1. The fraction of sp³-hybridized carbons (Fsp3) is 0.182. The van der Waals surface area contributed by atoms with Crippen molar-refractivity contribution in [3.8, 4) is 0 Å². The van der Waals surface area contributed by atoms with Crippen LogP contribution >= 0.6 is 15.9 Å². The van der Waals surface area contributed by atoms with Crippen molar-refractivity contribution in [3.63, 3.8) is 0 Å². The van der Waals surface area contributed by atoms with E-state index >= 15 is 0 Å². The summed E-state index contributed by atoms with van der Waals surface area (Å²) in [7, 11) is 0. The van der Waals surface area contributed by atoms with Gasteiger partial charge >= 0.3 is 0 Å². The molecule has 0 bridgehead atoms. The smallest absolute Gasteiger partial charge is 0.145 e. The van der Waals surface area contributed by atoms with Crippen molar-refractivity contribution in [1.82, 2.24) is 9.78 Å². The standard InChI is InChI=1S/C11H12BrN3/c1-8-2-3-9(6-10(8)12)7-15-5-4-11(13)14-15/h2-6H,7H2,1H3,(H2,13,14). The molecule has 0 spiro atoms. The first kappa shape index (κ1) is 10.2. The molecular formula is C11H12BrN3. The van der Waals surface area contributed by atoms with Gasteiger partial charge in [0.2, 0.25) is 0 Å². The molecule has 0 fully saturated rings. The van der Waals surface area contributed by atoms with Crippen LogP contribution in [0.15, 0.2) is 34.9 Å². The van der Waals surface area contributed by atoms with Crippen LogP contribution in [0.3, 0.4) is 0 Å². The molecule has 1 aromatic carbocycles. The predicted octanol–water partition coefficient (Wildman–Crippen LogP) is 2.58. The molecular weight excluding hydrogens is 254 g/mol. The molecule has 1 heterocycles. The van der Waals surface area contributed by atoms with E-state index in [1.165, 1.54) is 11.1 Å². The molecule has 1 aromatic heterocycles. The van der Waals surface area contributed by atoms with Crippen molar-refractivity contribution >= 4 is 21.7 Å². The molecule has 3 nitrogen and oxygen atoms in total. The van der Waals surface area contributed by atoms with E-state index in [1.54, 1.807) is 6.07 Å². The Bertz CT molecular complexity index is 476. The molecule has 2 rings (SSSR count). The lowest BCUT2D eigenvalue weighted by Crippen LogP contribution is -2.01. The summed E-state index contributed by atoms with van der Waals surface area (Å²) >= 11 is 3.51. The van der Waals surface area contributed by atoms with Crippen LogP contribution in [-0.4, -0.2) is 9.78 Å². The van der Waals surface area contributed by atoms with Crippen molar-refractivity contribution in [2.45, 2.75) is 13.5 Å². The first-order chi connectivity index (χ1) is 7.15. The van der Waals surface area contributed by atoms with Crippen molar-refractivity contribution in [2.75, 3.05) is 5.73 Å². The summed E-state index contributed by atoms with van der Waals surface area (Å²) in [5.74, 6) is 0.557. The van der Waals surface area contributed by atoms with E-state index in [4.69, 9.17) is 5.73 Å². The number of aromatic nitrogens is 2. The summed E-state index contributed by atoms with van der Waals surface area (Å²) in [6.45, 7) is 2.82. The summed E-state index contributed by atoms with van der Waals surface area (Å²) in [4.78, 5) is 0. The average Bonchev–Trinajstić information content (AvgIpc) is 2.58. The Balaban J connectivity index is 2.21. The van der Waals surface area contributed by atoms with Crippen molar-refractivity contribution in [1.29, 1.82) is 0 Å². The van der Waals surface area contributed by atoms with Crippen LogP contribution in [0.4, 0.5) is 5.82 Å². The van der Waals surface area contributed by atoms with Crippen molar-refractivity contribution < 1.29 is 0 Å². The highest BCUT2D eigenvalue weighted by Gasteiger charge is 1.99. The molecule has 15 heavy (non-hydrogen) atoms. The fourth-order valence-corrected chi connectivity index (χ4v) is 1.81. The van der Waals surface area contributed by atoms with Gasteiger partial charge in [0.15, 0.2) is 0 Å². The molecule has 0 amide bonds. The van der Waals surface area contributed by atoms with E-state index in [0.29, 0.717) is 5.82 Å². The molecule has 4 heteroatoms. The Kier molecular flexibility index (Phi) is 2.77. The highest BCUT2D eigenvalue weighted by Crippen LogP contribution is 2.18. The first-order valence-corrected chi connectivity index (χ1v) is 5.48. The van der Waals surface area contributed by atoms with Crippen molar-refractivity contribution in [3.05, 3.63) is 46.1 Å². The summed E-state index contributed by atoms with van der Waals surface area (Å²) < 4.78 is 2.95. The number of nitrogens with zero attached hydrogens (tertiary/aromatic N) is 2. The van der Waals surface area contributed by atoms with E-state index < -0.39 is 0 Å². The number of hydrogen-bond donors (Lipinski definition) is 1. The fourth-order valence-electron chi connectivity index (χ4n) is 1.39. The predicted molar refractivity (Wildman–Crippen MR) is 64.6 cm³/mol. The molecule has 0 unspecified atom stereocenters. The minimum absolute atomic E-state index is 0.557. The zero-order valence-corrected chi connectivity index (χ0v) is 10.0. The van der Waals surface area contributed by atoms with Crippen LogP contribution in [0.5, 0.6) is 0 Å². The maximum absolute atomic E-state index is 5.55. The van der Waals surface area contributed by atoms with Crippen LogP contribution in [0.1, 0.15) is 11.1 Å². The molecule has 0 aliphatic rings. The van der Waals surface area contributed by atoms with E-state index in [0.717, 1.165) is 11.0 Å². The van der Waals surface area contributed by atoms with Crippen LogP contribution in [0.25, 0.3) is 0 Å². The quantitative estimate of drug-likeness (QED) is 0.907. The second-order valence-electron chi connectivity index (χ2n) is 3.52. The minimum atomic E-state index is 0.557. The zero-order valence-electron chi connectivity index (χ0n) is 8.44. The monoisotopic (exact) mass is 265 g/mol. The molecule has 0 aliphatic heterocycles. The summed E-state index contributed by atoms with van der Waals surface area (Å²) in [5.41, 5.74) is 7.98. The van der Waals surface area contributed by atoms with Gasteiger partial charge < -0.3 is 5.73 Å². The maximum atomic E-state index is 5.55. The van der Waals surface area contributed by atoms with Gasteiger partial charge in [-0.3, -0.25) is 4.68 Å². The van der Waals surface area contributed by atoms with Gasteiger partial charge in [0, 0.05) is 10.7 Å². The van der Waals surface area contributed by atoms with Gasteiger partial charge in [0.1, 0.15) is 5.82 Å². The molecule has 0 saturated heterocycles. The van der Waals surface area contributed by atoms with Gasteiger partial charge in [0.05, 0.1) is 6.54 Å². The van der Waals surface area contributed by atoms with Gasteiger partial charge in [-0.05, 0) is 30.2 Å². The van der Waals surface area contributed by atoms with Crippen LogP contribution in [-0.2, 0) is 6.54 Å². The van der Waals surface area contributed by atoms with E-state index in [9.17, 15) is 0 Å². The number of halogens is 1. The molecule has 0 aliphatic carbocycles. The molecule has 0 atom stereocenters. The Morgan fingerprint density at radius 2 is 2.20 bits per heavy atom. The molecule has 2 N–H and O–H groups in total. The molecule has 0 radical (unpaired) electrons. The van der Waals surface area contributed by atoms with E-state index in [2.05, 4.69) is 46.2 Å². The first-order valence-electron chi connectivity index (χ1n) is 4.69. The third-order valence-electron chi connectivity index (χ3n) is 2.24. The number of aryl methyl sites for hydroxylation is 1. The SMILES string of the molecule is Cc1ccc(Cn2ccc(N)n2)cc1Br. The summed E-state index contributed by atoms with van der Waals surface area (Å²) in [6.07, 6.45) is 1.88. The Morgan fingerprint density at radius 1 is 1.40 bits per heavy atom. The number of hydrogen-bond acceptors (Lipinski definition) is 2. The summed E-state index contributed by atoms with van der Waals surface area (Å²) in [6, 6.07) is 8.08. The number of nitrogens with two attached hydrogens (primary N) is 1. The summed E-state index contributed by atoms with van der Waals surface area (Å²) in [5, 5.41) is 4.14. The number of nitrogen functional groups attached to an aromatic ring is 1. The van der Waals surface area contributed by atoms with E-state index in [1.807, 2.05) is 10.9 Å². The lowest BCUT2D eigenvalue weighted by Gasteiger charge is -2.04. The molecule has 2 aromatic rings. The normalized spacial score (nSPS) is 10.5. The maximum Gasteiger partial charge on any atom is 0.145 e. The lowest BCUT2D eigenvalue weighted by molar-refractivity contribution is 0.690. The van der Waals surface area contributed by atoms with Gasteiger partial charge in [-0.1, -0.05) is 28.1 Å². The highest BCUT2D eigenvalue weighted by atomic mass is 79.9. The zero-order chi connectivity index (χ0) is 10.8. The Morgan fingerprint density at radius 3 is 2.80 bits per heavy atom. The van der Waals surface area contributed by atoms with Gasteiger partial charge in [-0.2, -0.15) is 5.10 Å². The van der Waals surface area contributed by atoms with Crippen LogP contribution in [0.2, 0.25) is 0 Å². The molecule has 78 valence electrons. The van der Waals surface area contributed by atoms with Crippen molar-refractivity contribution in [2.24, 2.45) is 0 Å². The number of rotatable bonds is 2. The number of anilines is 1. The molecule has 0 saturated carbocycles. The van der Waals surface area contributed by atoms with Gasteiger partial charge in [-0.15, -0.1) is 0 Å².